The second kappa shape index (κ2) is 10.1. The molecule has 0 aromatic carbocycles. The highest BCUT2D eigenvalue weighted by atomic mass is 16.5. The molecule has 1 unspecified atom stereocenters. The van der Waals surface area contributed by atoms with Crippen molar-refractivity contribution >= 4 is 5.96 Å². The maximum atomic E-state index is 5.50. The molecule has 4 heteroatoms. The van der Waals surface area contributed by atoms with E-state index in [1.807, 2.05) is 0 Å². The van der Waals surface area contributed by atoms with Gasteiger partial charge in [0.05, 0.1) is 0 Å². The average molecular weight is 312 g/mol. The molecule has 1 rings (SSSR count). The lowest BCUT2D eigenvalue weighted by molar-refractivity contribution is 0.129. The van der Waals surface area contributed by atoms with Gasteiger partial charge in [0.15, 0.2) is 5.96 Å². The minimum absolute atomic E-state index is 0.415. The van der Waals surface area contributed by atoms with Gasteiger partial charge in [-0.25, -0.2) is 0 Å². The fraction of sp³-hybridized carbons (Fsp3) is 0.944. The van der Waals surface area contributed by atoms with Gasteiger partial charge in [0.2, 0.25) is 0 Å². The van der Waals surface area contributed by atoms with Crippen molar-refractivity contribution in [3.63, 3.8) is 0 Å². The van der Waals surface area contributed by atoms with Crippen LogP contribution in [0, 0.1) is 11.3 Å². The van der Waals surface area contributed by atoms with Crippen LogP contribution in [-0.2, 0) is 4.74 Å². The number of rotatable bonds is 11. The molecule has 1 saturated carbocycles. The largest absolute Gasteiger partial charge is 0.382 e. The zero-order chi connectivity index (χ0) is 16.4. The minimum atomic E-state index is 0.415. The summed E-state index contributed by atoms with van der Waals surface area (Å²) in [7, 11) is 0. The predicted molar refractivity (Wildman–Crippen MR) is 95.4 cm³/mol. The van der Waals surface area contributed by atoms with Gasteiger partial charge in [-0.15, -0.1) is 0 Å². The summed E-state index contributed by atoms with van der Waals surface area (Å²) in [4.78, 5) is 4.83. The van der Waals surface area contributed by atoms with Crippen LogP contribution in [0.15, 0.2) is 4.99 Å². The van der Waals surface area contributed by atoms with Crippen LogP contribution in [0.4, 0.5) is 0 Å². The molecule has 0 aromatic rings. The Bertz CT molecular complexity index is 324. The second-order valence-electron chi connectivity index (χ2n) is 7.16. The van der Waals surface area contributed by atoms with Crippen LogP contribution in [0.25, 0.3) is 0 Å². The number of nitrogens with one attached hydrogen (secondary N) is 2. The first-order chi connectivity index (χ1) is 10.5. The van der Waals surface area contributed by atoms with E-state index in [0.29, 0.717) is 11.5 Å². The molecule has 1 aliphatic rings. The van der Waals surface area contributed by atoms with E-state index in [-0.39, 0.29) is 0 Å². The molecule has 1 fully saturated rings. The van der Waals surface area contributed by atoms with Crippen molar-refractivity contribution in [2.45, 2.75) is 72.8 Å². The van der Waals surface area contributed by atoms with Crippen LogP contribution < -0.4 is 10.6 Å². The van der Waals surface area contributed by atoms with Gasteiger partial charge in [-0.1, -0.05) is 13.8 Å². The summed E-state index contributed by atoms with van der Waals surface area (Å²) < 4.78 is 5.50. The third-order valence-corrected chi connectivity index (χ3v) is 4.41. The Hall–Kier alpha value is -0.770. The van der Waals surface area contributed by atoms with E-state index in [0.717, 1.165) is 44.6 Å². The predicted octanol–water partition coefficient (Wildman–Crippen LogP) is 3.57. The fourth-order valence-electron chi connectivity index (χ4n) is 2.55. The molecule has 0 amide bonds. The van der Waals surface area contributed by atoms with Crippen LogP contribution in [-0.4, -0.2) is 38.3 Å². The van der Waals surface area contributed by atoms with Crippen molar-refractivity contribution in [2.75, 3.05) is 26.3 Å². The Morgan fingerprint density at radius 1 is 1.18 bits per heavy atom. The highest BCUT2D eigenvalue weighted by Crippen LogP contribution is 2.48. The van der Waals surface area contributed by atoms with Crippen LogP contribution in [0.2, 0.25) is 0 Å². The number of nitrogens with zero attached hydrogens (tertiary/aromatic N) is 1. The van der Waals surface area contributed by atoms with Gasteiger partial charge in [-0.05, 0) is 64.2 Å². The molecule has 0 aliphatic heterocycles. The maximum Gasteiger partial charge on any atom is 0.191 e. The van der Waals surface area contributed by atoms with E-state index in [2.05, 4.69) is 45.3 Å². The number of hydrogen-bond donors (Lipinski definition) is 2. The molecule has 2 N–H and O–H groups in total. The molecule has 0 aromatic heterocycles. The topological polar surface area (TPSA) is 45.7 Å². The van der Waals surface area contributed by atoms with Crippen molar-refractivity contribution in [2.24, 2.45) is 16.3 Å². The lowest BCUT2D eigenvalue weighted by atomic mass is 10.0. The Labute approximate surface area is 137 Å². The lowest BCUT2D eigenvalue weighted by Gasteiger charge is -2.20. The highest BCUT2D eigenvalue weighted by Gasteiger charge is 2.41. The van der Waals surface area contributed by atoms with E-state index in [4.69, 9.17) is 9.73 Å². The maximum absolute atomic E-state index is 5.50. The molecule has 130 valence electrons. The monoisotopic (exact) mass is 311 g/mol. The number of hydrogen-bond acceptors (Lipinski definition) is 2. The number of ether oxygens (including phenoxy) is 1. The molecule has 1 atom stereocenters. The molecule has 0 spiro atoms. The molecule has 4 nitrogen and oxygen atoms in total. The van der Waals surface area contributed by atoms with Crippen molar-refractivity contribution in [1.29, 1.82) is 0 Å². The summed E-state index contributed by atoms with van der Waals surface area (Å²) in [5, 5.41) is 6.92. The smallest absolute Gasteiger partial charge is 0.191 e. The first-order valence-electron chi connectivity index (χ1n) is 9.14. The third kappa shape index (κ3) is 8.02. The SMILES string of the molecule is CCNC(=NCC1(CCOCC)CC1)NC(C)CCC(C)C. The van der Waals surface area contributed by atoms with Gasteiger partial charge >= 0.3 is 0 Å². The fourth-order valence-corrected chi connectivity index (χ4v) is 2.55. The van der Waals surface area contributed by atoms with E-state index >= 15 is 0 Å². The van der Waals surface area contributed by atoms with Gasteiger partial charge < -0.3 is 15.4 Å². The normalized spacial score (nSPS) is 18.4. The second-order valence-corrected chi connectivity index (χ2v) is 7.16. The zero-order valence-electron chi connectivity index (χ0n) is 15.4. The molecule has 1 aliphatic carbocycles. The van der Waals surface area contributed by atoms with Gasteiger partial charge in [0.1, 0.15) is 0 Å². The van der Waals surface area contributed by atoms with Crippen molar-refractivity contribution < 1.29 is 4.74 Å². The first-order valence-corrected chi connectivity index (χ1v) is 9.14. The van der Waals surface area contributed by atoms with Gasteiger partial charge in [0.25, 0.3) is 0 Å². The van der Waals surface area contributed by atoms with Gasteiger partial charge in [-0.3, -0.25) is 4.99 Å². The molecule has 0 bridgehead atoms. The van der Waals surface area contributed by atoms with Gasteiger partial charge in [0, 0.05) is 32.3 Å². The van der Waals surface area contributed by atoms with Crippen molar-refractivity contribution in [1.82, 2.24) is 10.6 Å². The van der Waals surface area contributed by atoms with E-state index in [1.54, 1.807) is 0 Å². The van der Waals surface area contributed by atoms with Crippen LogP contribution in [0.5, 0.6) is 0 Å². The average Bonchev–Trinajstić information content (AvgIpc) is 3.24. The molecule has 0 saturated heterocycles. The summed E-state index contributed by atoms with van der Waals surface area (Å²) in [6.07, 6.45) is 6.19. The number of guanidine groups is 1. The standard InChI is InChI=1S/C18H37N3O/c1-6-19-17(21-16(5)9-8-15(3)4)20-14-18(10-11-18)12-13-22-7-2/h15-16H,6-14H2,1-5H3,(H2,19,20,21). The molecule has 0 heterocycles. The summed E-state index contributed by atoms with van der Waals surface area (Å²) in [6.45, 7) is 14.5. The Morgan fingerprint density at radius 2 is 1.91 bits per heavy atom. The Balaban J connectivity index is 2.41. The van der Waals surface area contributed by atoms with E-state index in [9.17, 15) is 0 Å². The third-order valence-electron chi connectivity index (χ3n) is 4.41. The van der Waals surface area contributed by atoms with Gasteiger partial charge in [-0.2, -0.15) is 0 Å². The van der Waals surface area contributed by atoms with Crippen LogP contribution in [0.3, 0.4) is 0 Å². The number of aliphatic imine (C=N–C) groups is 1. The summed E-state index contributed by atoms with van der Waals surface area (Å²) in [5.74, 6) is 1.73. The van der Waals surface area contributed by atoms with Crippen LogP contribution >= 0.6 is 0 Å². The quantitative estimate of drug-likeness (QED) is 0.348. The van der Waals surface area contributed by atoms with E-state index < -0.39 is 0 Å². The lowest BCUT2D eigenvalue weighted by Crippen LogP contribution is -2.42. The molecular weight excluding hydrogens is 274 g/mol. The Morgan fingerprint density at radius 3 is 2.45 bits per heavy atom. The molecular formula is C18H37N3O. The van der Waals surface area contributed by atoms with Crippen molar-refractivity contribution in [3.8, 4) is 0 Å². The van der Waals surface area contributed by atoms with Crippen molar-refractivity contribution in [3.05, 3.63) is 0 Å². The summed E-state index contributed by atoms with van der Waals surface area (Å²) >= 11 is 0. The first kappa shape index (κ1) is 19.3. The van der Waals surface area contributed by atoms with E-state index in [1.165, 1.54) is 25.7 Å². The zero-order valence-corrected chi connectivity index (χ0v) is 15.4. The summed E-state index contributed by atoms with van der Waals surface area (Å²) in [5.41, 5.74) is 0.415. The summed E-state index contributed by atoms with van der Waals surface area (Å²) in [6, 6.07) is 0.471. The minimum Gasteiger partial charge on any atom is -0.382 e. The molecule has 22 heavy (non-hydrogen) atoms. The van der Waals surface area contributed by atoms with Crippen LogP contribution in [0.1, 0.15) is 66.7 Å². The highest BCUT2D eigenvalue weighted by molar-refractivity contribution is 5.80. The Kier molecular flexibility index (Phi) is 8.84. The molecule has 0 radical (unpaired) electrons.